The van der Waals surface area contributed by atoms with Gasteiger partial charge in [0.1, 0.15) is 4.90 Å². The third-order valence-electron chi connectivity index (χ3n) is 4.28. The third-order valence-corrected chi connectivity index (χ3v) is 5.44. The lowest BCUT2D eigenvalue weighted by Gasteiger charge is -2.28. The fourth-order valence-electron chi connectivity index (χ4n) is 3.21. The molecule has 1 aromatic rings. The molecule has 1 heterocycles. The van der Waals surface area contributed by atoms with Gasteiger partial charge in [-0.3, -0.25) is 4.68 Å². The Bertz CT molecular complexity index is 555. The van der Waals surface area contributed by atoms with Crippen molar-refractivity contribution in [1.29, 1.82) is 0 Å². The molecule has 1 saturated carbocycles. The van der Waals surface area contributed by atoms with Crippen LogP contribution < -0.4 is 5.14 Å². The van der Waals surface area contributed by atoms with Gasteiger partial charge < -0.3 is 0 Å². The summed E-state index contributed by atoms with van der Waals surface area (Å²) in [6, 6.07) is 0.317. The fraction of sp³-hybridized carbons (Fsp3) is 0.769. The monoisotopic (exact) mass is 285 g/mol. The zero-order chi connectivity index (χ0) is 14.2. The second-order valence-electron chi connectivity index (χ2n) is 5.57. The maximum absolute atomic E-state index is 11.6. The highest BCUT2D eigenvalue weighted by Gasteiger charge is 2.27. The van der Waals surface area contributed by atoms with E-state index in [2.05, 4.69) is 12.0 Å². The summed E-state index contributed by atoms with van der Waals surface area (Å²) in [5.41, 5.74) is 1.19. The van der Waals surface area contributed by atoms with Crippen LogP contribution in [-0.2, 0) is 10.0 Å². The van der Waals surface area contributed by atoms with Crippen molar-refractivity contribution in [2.24, 2.45) is 11.1 Å². The summed E-state index contributed by atoms with van der Waals surface area (Å²) < 4.78 is 25.1. The Morgan fingerprint density at radius 1 is 1.26 bits per heavy atom. The molecular weight excluding hydrogens is 262 g/mol. The van der Waals surface area contributed by atoms with Gasteiger partial charge in [-0.15, -0.1) is 0 Å². The van der Waals surface area contributed by atoms with E-state index in [1.165, 1.54) is 19.3 Å². The summed E-state index contributed by atoms with van der Waals surface area (Å²) in [5.74, 6) is 0.811. The number of aryl methyl sites for hydroxylation is 1. The first-order valence-corrected chi connectivity index (χ1v) is 8.47. The third kappa shape index (κ3) is 2.84. The summed E-state index contributed by atoms with van der Waals surface area (Å²) in [4.78, 5) is 0.199. The van der Waals surface area contributed by atoms with Crippen molar-refractivity contribution in [1.82, 2.24) is 9.78 Å². The zero-order valence-corrected chi connectivity index (χ0v) is 12.7. The van der Waals surface area contributed by atoms with Crippen LogP contribution in [0.4, 0.5) is 0 Å². The molecule has 0 saturated heterocycles. The van der Waals surface area contributed by atoms with E-state index in [0.29, 0.717) is 17.4 Å². The minimum atomic E-state index is -3.68. The number of nitrogens with two attached hydrogens (primary N) is 1. The van der Waals surface area contributed by atoms with Gasteiger partial charge in [0, 0.05) is 0 Å². The minimum Gasteiger partial charge on any atom is -0.265 e. The van der Waals surface area contributed by atoms with Crippen molar-refractivity contribution in [3.8, 4) is 0 Å². The number of rotatable bonds is 3. The Kier molecular flexibility index (Phi) is 4.01. The molecule has 2 rings (SSSR count). The Morgan fingerprint density at radius 3 is 2.26 bits per heavy atom. The summed E-state index contributed by atoms with van der Waals surface area (Å²) in [5, 5.41) is 9.67. The second-order valence-corrected chi connectivity index (χ2v) is 7.07. The topological polar surface area (TPSA) is 78.0 Å². The highest BCUT2D eigenvalue weighted by atomic mass is 32.2. The van der Waals surface area contributed by atoms with Crippen molar-refractivity contribution >= 4 is 10.0 Å². The van der Waals surface area contributed by atoms with E-state index in [-0.39, 0.29) is 4.90 Å². The Hall–Kier alpha value is -0.880. The predicted octanol–water partition coefficient (Wildman–Crippen LogP) is 2.29. The SMILES string of the molecule is CCC1CCC(n2nc(C)c(S(N)(=O)=O)c2C)CC1. The lowest BCUT2D eigenvalue weighted by molar-refractivity contribution is 0.253. The van der Waals surface area contributed by atoms with Crippen LogP contribution in [-0.4, -0.2) is 18.2 Å². The van der Waals surface area contributed by atoms with Crippen molar-refractivity contribution in [2.45, 2.75) is 63.8 Å². The molecule has 0 unspecified atom stereocenters. The Balaban J connectivity index is 2.28. The maximum Gasteiger partial charge on any atom is 0.241 e. The van der Waals surface area contributed by atoms with Gasteiger partial charge >= 0.3 is 0 Å². The van der Waals surface area contributed by atoms with Gasteiger partial charge in [-0.05, 0) is 45.4 Å². The largest absolute Gasteiger partial charge is 0.265 e. The molecule has 0 spiro atoms. The number of primary sulfonamides is 1. The van der Waals surface area contributed by atoms with E-state index in [9.17, 15) is 8.42 Å². The van der Waals surface area contributed by atoms with E-state index in [1.807, 2.05) is 4.68 Å². The van der Waals surface area contributed by atoms with Crippen LogP contribution >= 0.6 is 0 Å². The average Bonchev–Trinajstić information content (AvgIpc) is 2.64. The van der Waals surface area contributed by atoms with Crippen LogP contribution in [0.1, 0.15) is 56.5 Å². The molecule has 0 amide bonds. The highest BCUT2D eigenvalue weighted by Crippen LogP contribution is 2.35. The van der Waals surface area contributed by atoms with E-state index < -0.39 is 10.0 Å². The number of hydrogen-bond donors (Lipinski definition) is 1. The first-order valence-electron chi connectivity index (χ1n) is 6.93. The highest BCUT2D eigenvalue weighted by molar-refractivity contribution is 7.89. The quantitative estimate of drug-likeness (QED) is 0.925. The molecule has 0 bridgehead atoms. The molecule has 1 aliphatic rings. The van der Waals surface area contributed by atoms with Gasteiger partial charge in [0.15, 0.2) is 0 Å². The lowest BCUT2D eigenvalue weighted by Crippen LogP contribution is -2.20. The molecule has 6 heteroatoms. The molecule has 19 heavy (non-hydrogen) atoms. The van der Waals surface area contributed by atoms with Crippen LogP contribution in [0.15, 0.2) is 4.90 Å². The molecule has 0 radical (unpaired) electrons. The summed E-state index contributed by atoms with van der Waals surface area (Å²) in [6.45, 7) is 5.74. The van der Waals surface area contributed by atoms with E-state index in [0.717, 1.165) is 18.8 Å². The van der Waals surface area contributed by atoms with Gasteiger partial charge in [-0.1, -0.05) is 13.3 Å². The fourth-order valence-corrected chi connectivity index (χ4v) is 4.17. The molecule has 0 atom stereocenters. The van der Waals surface area contributed by atoms with Crippen LogP contribution in [0, 0.1) is 19.8 Å². The van der Waals surface area contributed by atoms with Crippen LogP contribution in [0.3, 0.4) is 0 Å². The molecule has 2 N–H and O–H groups in total. The summed E-state index contributed by atoms with van der Waals surface area (Å²) >= 11 is 0. The summed E-state index contributed by atoms with van der Waals surface area (Å²) in [7, 11) is -3.68. The van der Waals surface area contributed by atoms with Crippen LogP contribution in [0.2, 0.25) is 0 Å². The van der Waals surface area contributed by atoms with Crippen molar-refractivity contribution in [3.05, 3.63) is 11.4 Å². The average molecular weight is 285 g/mol. The molecular formula is C13H23N3O2S. The van der Waals surface area contributed by atoms with Gasteiger partial charge in [-0.25, -0.2) is 13.6 Å². The Morgan fingerprint density at radius 2 is 1.84 bits per heavy atom. The molecule has 0 aromatic carbocycles. The van der Waals surface area contributed by atoms with Crippen molar-refractivity contribution in [3.63, 3.8) is 0 Å². The predicted molar refractivity (Wildman–Crippen MR) is 74.4 cm³/mol. The van der Waals surface area contributed by atoms with Crippen molar-refractivity contribution < 1.29 is 8.42 Å². The number of aromatic nitrogens is 2. The zero-order valence-electron chi connectivity index (χ0n) is 11.9. The minimum absolute atomic E-state index is 0.199. The molecule has 0 aliphatic heterocycles. The molecule has 108 valence electrons. The number of sulfonamides is 1. The van der Waals surface area contributed by atoms with Gasteiger partial charge in [0.25, 0.3) is 0 Å². The smallest absolute Gasteiger partial charge is 0.241 e. The Labute approximate surface area is 115 Å². The molecule has 5 nitrogen and oxygen atoms in total. The van der Waals surface area contributed by atoms with Gasteiger partial charge in [0.2, 0.25) is 10.0 Å². The van der Waals surface area contributed by atoms with Crippen molar-refractivity contribution in [2.75, 3.05) is 0 Å². The summed E-state index contributed by atoms with van der Waals surface area (Å²) in [6.07, 6.45) is 5.77. The normalized spacial score (nSPS) is 24.6. The first-order chi connectivity index (χ1) is 8.84. The molecule has 1 fully saturated rings. The maximum atomic E-state index is 11.6. The van der Waals surface area contributed by atoms with E-state index in [1.54, 1.807) is 13.8 Å². The second kappa shape index (κ2) is 5.25. The van der Waals surface area contributed by atoms with Crippen LogP contribution in [0.5, 0.6) is 0 Å². The van der Waals surface area contributed by atoms with Gasteiger partial charge in [-0.2, -0.15) is 5.10 Å². The standard InChI is InChI=1S/C13H23N3O2S/c1-4-11-5-7-12(8-6-11)16-10(3)13(9(2)15-16)19(14,17)18/h11-12H,4-8H2,1-3H3,(H2,14,17,18). The van der Waals surface area contributed by atoms with Gasteiger partial charge in [0.05, 0.1) is 17.4 Å². The first kappa shape index (κ1) is 14.5. The molecule has 1 aromatic heterocycles. The van der Waals surface area contributed by atoms with E-state index in [4.69, 9.17) is 5.14 Å². The number of nitrogens with zero attached hydrogens (tertiary/aromatic N) is 2. The lowest BCUT2D eigenvalue weighted by atomic mass is 9.84. The number of hydrogen-bond acceptors (Lipinski definition) is 3. The van der Waals surface area contributed by atoms with Crippen LogP contribution in [0.25, 0.3) is 0 Å². The molecule has 1 aliphatic carbocycles. The van der Waals surface area contributed by atoms with E-state index >= 15 is 0 Å².